The van der Waals surface area contributed by atoms with Crippen molar-refractivity contribution in [3.8, 4) is 5.69 Å². The number of halogens is 1. The third-order valence-corrected chi connectivity index (χ3v) is 3.12. The van der Waals surface area contributed by atoms with Crippen LogP contribution >= 0.6 is 11.6 Å². The lowest BCUT2D eigenvalue weighted by Gasteiger charge is -2.11. The van der Waals surface area contributed by atoms with Crippen molar-refractivity contribution in [1.82, 2.24) is 14.8 Å². The number of anilines is 1. The maximum absolute atomic E-state index is 12.0. The molecule has 10 heteroatoms. The van der Waals surface area contributed by atoms with Crippen molar-refractivity contribution in [2.45, 2.75) is 6.92 Å². The number of amides is 1. The first-order chi connectivity index (χ1) is 12.5. The minimum absolute atomic E-state index is 0.189. The van der Waals surface area contributed by atoms with Crippen molar-refractivity contribution in [3.63, 3.8) is 0 Å². The fraction of sp³-hybridized carbons (Fsp3) is 0.188. The lowest BCUT2D eigenvalue weighted by Crippen LogP contribution is -2.21. The molecular weight excluding hydrogens is 364 g/mol. The molecule has 0 aliphatic carbocycles. The fourth-order valence-corrected chi connectivity index (χ4v) is 2.01. The van der Waals surface area contributed by atoms with Gasteiger partial charge in [0, 0.05) is 17.2 Å². The van der Waals surface area contributed by atoms with Crippen LogP contribution in [0.25, 0.3) is 5.69 Å². The molecule has 136 valence electrons. The maximum Gasteiger partial charge on any atom is 0.331 e. The first-order valence-electron chi connectivity index (χ1n) is 7.45. The summed E-state index contributed by atoms with van der Waals surface area (Å²) in [6.07, 6.45) is 4.60. The number of benzene rings is 1. The number of hydrogen-bond donors (Lipinski definition) is 1. The molecule has 26 heavy (non-hydrogen) atoms. The van der Waals surface area contributed by atoms with Crippen LogP contribution in [0.5, 0.6) is 0 Å². The van der Waals surface area contributed by atoms with E-state index in [1.807, 2.05) is 0 Å². The second kappa shape index (κ2) is 9.33. The summed E-state index contributed by atoms with van der Waals surface area (Å²) < 4.78 is 10.8. The van der Waals surface area contributed by atoms with Gasteiger partial charge in [-0.2, -0.15) is 5.10 Å². The normalized spacial score (nSPS) is 10.5. The number of carbonyl (C=O) groups is 3. The van der Waals surface area contributed by atoms with Crippen LogP contribution in [0.1, 0.15) is 6.92 Å². The maximum atomic E-state index is 12.0. The van der Waals surface area contributed by atoms with Crippen molar-refractivity contribution < 1.29 is 23.9 Å². The van der Waals surface area contributed by atoms with Gasteiger partial charge in [-0.3, -0.25) is 4.79 Å². The second-order valence-electron chi connectivity index (χ2n) is 4.74. The fourth-order valence-electron chi connectivity index (χ4n) is 1.84. The highest BCUT2D eigenvalue weighted by atomic mass is 35.5. The Labute approximate surface area is 153 Å². The molecule has 2 rings (SSSR count). The summed E-state index contributed by atoms with van der Waals surface area (Å²) in [4.78, 5) is 38.4. The second-order valence-corrected chi connectivity index (χ2v) is 5.18. The SMILES string of the molecule is CCOC(=O)/C=C/C(=O)OCC(=O)Nc1cc(Cl)ccc1-n1cncn1. The minimum Gasteiger partial charge on any atom is -0.463 e. The van der Waals surface area contributed by atoms with Gasteiger partial charge in [0.15, 0.2) is 6.61 Å². The predicted molar refractivity (Wildman–Crippen MR) is 91.7 cm³/mol. The van der Waals surface area contributed by atoms with Crippen molar-refractivity contribution >= 4 is 35.1 Å². The zero-order chi connectivity index (χ0) is 18.9. The number of aromatic nitrogens is 3. The zero-order valence-electron chi connectivity index (χ0n) is 13.7. The lowest BCUT2D eigenvalue weighted by atomic mass is 10.2. The van der Waals surface area contributed by atoms with Gasteiger partial charge in [-0.25, -0.2) is 19.3 Å². The summed E-state index contributed by atoms with van der Waals surface area (Å²) in [6, 6.07) is 4.81. The zero-order valence-corrected chi connectivity index (χ0v) is 14.5. The number of hydrogen-bond acceptors (Lipinski definition) is 7. The summed E-state index contributed by atoms with van der Waals surface area (Å²) in [5.74, 6) is -2.12. The van der Waals surface area contributed by atoms with Gasteiger partial charge in [0.25, 0.3) is 5.91 Å². The Hall–Kier alpha value is -3.20. The van der Waals surface area contributed by atoms with Gasteiger partial charge in [0.2, 0.25) is 0 Å². The summed E-state index contributed by atoms with van der Waals surface area (Å²) >= 11 is 5.95. The van der Waals surface area contributed by atoms with Crippen molar-refractivity contribution in [2.75, 3.05) is 18.5 Å². The molecule has 0 saturated heterocycles. The van der Waals surface area contributed by atoms with Crippen LogP contribution in [0.2, 0.25) is 5.02 Å². The smallest absolute Gasteiger partial charge is 0.331 e. The van der Waals surface area contributed by atoms with E-state index in [1.54, 1.807) is 19.1 Å². The summed E-state index contributed by atoms with van der Waals surface area (Å²) in [5, 5.41) is 6.96. The summed E-state index contributed by atoms with van der Waals surface area (Å²) in [5.41, 5.74) is 0.903. The molecule has 1 N–H and O–H groups in total. The Bertz CT molecular complexity index is 820. The van der Waals surface area contributed by atoms with Gasteiger partial charge >= 0.3 is 11.9 Å². The molecule has 9 nitrogen and oxygen atoms in total. The molecule has 0 saturated carbocycles. The Morgan fingerprint density at radius 3 is 2.62 bits per heavy atom. The van der Waals surface area contributed by atoms with Gasteiger partial charge in [-0.05, 0) is 25.1 Å². The van der Waals surface area contributed by atoms with E-state index in [9.17, 15) is 14.4 Å². The largest absolute Gasteiger partial charge is 0.463 e. The molecule has 0 aliphatic heterocycles. The molecule has 1 amide bonds. The summed E-state index contributed by atoms with van der Waals surface area (Å²) in [6.45, 7) is 1.28. The van der Waals surface area contributed by atoms with Gasteiger partial charge in [0.05, 0.1) is 18.0 Å². The molecule has 0 aliphatic rings. The Kier molecular flexibility index (Phi) is 6.86. The quantitative estimate of drug-likeness (QED) is 0.574. The topological polar surface area (TPSA) is 112 Å². The van der Waals surface area contributed by atoms with Crippen LogP contribution in [-0.4, -0.2) is 45.8 Å². The standard InChI is InChI=1S/C16H15ClN4O5/c1-2-25-15(23)5-6-16(24)26-8-14(22)20-12-7-11(17)3-4-13(12)21-10-18-9-19-21/h3-7,9-10H,2,8H2,1H3,(H,20,22)/b6-5+. The number of nitrogens with one attached hydrogen (secondary N) is 1. The van der Waals surface area contributed by atoms with Crippen LogP contribution in [0.4, 0.5) is 5.69 Å². The molecule has 0 bridgehead atoms. The van der Waals surface area contributed by atoms with E-state index in [4.69, 9.17) is 16.3 Å². The van der Waals surface area contributed by atoms with Gasteiger partial charge in [0.1, 0.15) is 12.7 Å². The van der Waals surface area contributed by atoms with E-state index < -0.39 is 24.5 Å². The molecule has 0 atom stereocenters. The molecule has 1 aromatic carbocycles. The molecular formula is C16H15ClN4O5. The third kappa shape index (κ3) is 5.71. The third-order valence-electron chi connectivity index (χ3n) is 2.89. The molecule has 0 spiro atoms. The highest BCUT2D eigenvalue weighted by Crippen LogP contribution is 2.23. The van der Waals surface area contributed by atoms with Crippen LogP contribution in [0.3, 0.4) is 0 Å². The summed E-state index contributed by atoms with van der Waals surface area (Å²) in [7, 11) is 0. The first kappa shape index (κ1) is 19.1. The highest BCUT2D eigenvalue weighted by Gasteiger charge is 2.11. The van der Waals surface area contributed by atoms with Crippen molar-refractivity contribution in [2.24, 2.45) is 0 Å². The number of esters is 2. The van der Waals surface area contributed by atoms with Gasteiger partial charge < -0.3 is 14.8 Å². The number of rotatable bonds is 7. The highest BCUT2D eigenvalue weighted by molar-refractivity contribution is 6.31. The van der Waals surface area contributed by atoms with Crippen LogP contribution in [-0.2, 0) is 23.9 Å². The lowest BCUT2D eigenvalue weighted by molar-refractivity contribution is -0.143. The van der Waals surface area contributed by atoms with E-state index in [0.29, 0.717) is 16.4 Å². The van der Waals surface area contributed by atoms with E-state index >= 15 is 0 Å². The monoisotopic (exact) mass is 378 g/mol. The number of carbonyl (C=O) groups excluding carboxylic acids is 3. The average molecular weight is 379 g/mol. The van der Waals surface area contributed by atoms with Crippen LogP contribution in [0, 0.1) is 0 Å². The van der Waals surface area contributed by atoms with Crippen molar-refractivity contribution in [1.29, 1.82) is 0 Å². The van der Waals surface area contributed by atoms with Crippen LogP contribution in [0.15, 0.2) is 43.0 Å². The predicted octanol–water partition coefficient (Wildman–Crippen LogP) is 1.52. The molecule has 0 unspecified atom stereocenters. The van der Waals surface area contributed by atoms with Gasteiger partial charge in [-0.1, -0.05) is 11.6 Å². The first-order valence-corrected chi connectivity index (χ1v) is 7.83. The molecule has 0 radical (unpaired) electrons. The van der Waals surface area contributed by atoms with Crippen molar-refractivity contribution in [3.05, 3.63) is 48.0 Å². The number of ether oxygens (including phenoxy) is 2. The Balaban J connectivity index is 1.95. The van der Waals surface area contributed by atoms with E-state index in [0.717, 1.165) is 12.2 Å². The van der Waals surface area contributed by atoms with Crippen LogP contribution < -0.4 is 5.32 Å². The van der Waals surface area contributed by atoms with Gasteiger partial charge in [-0.15, -0.1) is 0 Å². The molecule has 1 heterocycles. The molecule has 2 aromatic rings. The van der Waals surface area contributed by atoms with E-state index in [1.165, 1.54) is 23.4 Å². The Morgan fingerprint density at radius 1 is 1.23 bits per heavy atom. The van der Waals surface area contributed by atoms with E-state index in [2.05, 4.69) is 20.1 Å². The Morgan fingerprint density at radius 2 is 1.96 bits per heavy atom. The minimum atomic E-state index is -0.851. The molecule has 0 fully saturated rings. The number of nitrogens with zero attached hydrogens (tertiary/aromatic N) is 3. The average Bonchev–Trinajstić information content (AvgIpc) is 3.13. The molecule has 1 aromatic heterocycles. The van der Waals surface area contributed by atoms with E-state index in [-0.39, 0.29) is 6.61 Å².